The van der Waals surface area contributed by atoms with Crippen molar-refractivity contribution in [3.8, 4) is 5.82 Å². The predicted molar refractivity (Wildman–Crippen MR) is 109 cm³/mol. The molecule has 5 nitrogen and oxygen atoms in total. The zero-order valence-electron chi connectivity index (χ0n) is 15.4. The van der Waals surface area contributed by atoms with Crippen molar-refractivity contribution < 1.29 is 4.79 Å². The van der Waals surface area contributed by atoms with E-state index in [0.717, 1.165) is 21.5 Å². The molecule has 0 saturated heterocycles. The maximum absolute atomic E-state index is 13.0. The molecule has 0 saturated carbocycles. The Morgan fingerprint density at radius 2 is 1.89 bits per heavy atom. The number of nitrogens with zero attached hydrogens (tertiary/aromatic N) is 4. The number of benzene rings is 1. The monoisotopic (exact) mass is 446 g/mol. The summed E-state index contributed by atoms with van der Waals surface area (Å²) in [5.74, 6) is 0.929. The average Bonchev–Trinajstić information content (AvgIpc) is 3.30. The van der Waals surface area contributed by atoms with Crippen molar-refractivity contribution in [3.05, 3.63) is 69.0 Å². The first-order valence-electron chi connectivity index (χ1n) is 8.74. The number of halogens is 2. The Hall–Kier alpha value is -2.05. The quantitative estimate of drug-likeness (QED) is 0.555. The molecule has 0 atom stereocenters. The largest absolute Gasteiger partial charge is 0.328 e. The van der Waals surface area contributed by atoms with Gasteiger partial charge < -0.3 is 9.47 Å². The minimum absolute atomic E-state index is 0.0833. The van der Waals surface area contributed by atoms with E-state index in [1.165, 1.54) is 0 Å². The van der Waals surface area contributed by atoms with Crippen LogP contribution in [0, 0.1) is 0 Å². The molecule has 0 spiro atoms. The van der Waals surface area contributed by atoms with Gasteiger partial charge in [-0.25, -0.2) is 4.68 Å². The Morgan fingerprint density at radius 1 is 1.19 bits per heavy atom. The maximum Gasteiger partial charge on any atom is 0.256 e. The summed E-state index contributed by atoms with van der Waals surface area (Å²) in [7, 11) is 0. The molecular formula is C20H20BrClN4O. The van der Waals surface area contributed by atoms with Crippen LogP contribution in [0.2, 0.25) is 5.02 Å². The molecule has 1 aliphatic heterocycles. The lowest BCUT2D eigenvalue weighted by atomic mass is 10.1. The molecule has 3 aromatic rings. The fourth-order valence-electron chi connectivity index (χ4n) is 3.39. The van der Waals surface area contributed by atoms with E-state index in [1.54, 1.807) is 17.0 Å². The Bertz CT molecular complexity index is 1020. The highest BCUT2D eigenvalue weighted by molar-refractivity contribution is 9.10. The third-order valence-electron chi connectivity index (χ3n) is 4.66. The molecule has 1 aliphatic rings. The minimum atomic E-state index is -0.160. The average molecular weight is 448 g/mol. The van der Waals surface area contributed by atoms with Gasteiger partial charge in [-0.1, -0.05) is 27.5 Å². The summed E-state index contributed by atoms with van der Waals surface area (Å²) in [4.78, 5) is 14.8. The second-order valence-electron chi connectivity index (χ2n) is 7.71. The van der Waals surface area contributed by atoms with Crippen LogP contribution in [-0.4, -0.2) is 25.2 Å². The fourth-order valence-corrected chi connectivity index (χ4v) is 3.95. The third kappa shape index (κ3) is 3.21. The van der Waals surface area contributed by atoms with Crippen LogP contribution >= 0.6 is 27.5 Å². The Balaban J connectivity index is 1.72. The number of carbonyl (C=O) groups is 1. The van der Waals surface area contributed by atoms with Gasteiger partial charge in [0.05, 0.1) is 34.9 Å². The second kappa shape index (κ2) is 6.53. The molecule has 140 valence electrons. The van der Waals surface area contributed by atoms with Gasteiger partial charge in [-0.2, -0.15) is 5.10 Å². The van der Waals surface area contributed by atoms with E-state index in [4.69, 9.17) is 16.7 Å². The van der Waals surface area contributed by atoms with Crippen LogP contribution in [0.5, 0.6) is 0 Å². The number of rotatable bonds is 2. The molecular weight excluding hydrogens is 428 g/mol. The van der Waals surface area contributed by atoms with Crippen molar-refractivity contribution in [1.82, 2.24) is 19.2 Å². The summed E-state index contributed by atoms with van der Waals surface area (Å²) in [5, 5.41) is 5.30. The molecule has 1 aromatic carbocycles. The van der Waals surface area contributed by atoms with Crippen LogP contribution in [0.25, 0.3) is 5.82 Å². The first-order valence-corrected chi connectivity index (χ1v) is 9.92. The van der Waals surface area contributed by atoms with Crippen LogP contribution in [0.3, 0.4) is 0 Å². The highest BCUT2D eigenvalue weighted by atomic mass is 79.9. The lowest BCUT2D eigenvalue weighted by Crippen LogP contribution is -2.29. The SMILES string of the molecule is CC(C)(C)n1nc2c(c1-n1cccc1)CN(C(=O)c1cc(Br)ccc1Cl)C2. The molecule has 0 aliphatic carbocycles. The summed E-state index contributed by atoms with van der Waals surface area (Å²) in [6.07, 6.45) is 4.02. The Morgan fingerprint density at radius 3 is 2.56 bits per heavy atom. The van der Waals surface area contributed by atoms with Crippen molar-refractivity contribution in [2.45, 2.75) is 39.4 Å². The molecule has 0 fully saturated rings. The van der Waals surface area contributed by atoms with E-state index in [9.17, 15) is 4.79 Å². The van der Waals surface area contributed by atoms with E-state index < -0.39 is 0 Å². The smallest absolute Gasteiger partial charge is 0.256 e. The molecule has 0 N–H and O–H groups in total. The molecule has 27 heavy (non-hydrogen) atoms. The molecule has 2 aromatic heterocycles. The van der Waals surface area contributed by atoms with Crippen molar-refractivity contribution >= 4 is 33.4 Å². The van der Waals surface area contributed by atoms with E-state index in [2.05, 4.69) is 41.3 Å². The van der Waals surface area contributed by atoms with Crippen LogP contribution in [0.4, 0.5) is 0 Å². The number of aromatic nitrogens is 3. The van der Waals surface area contributed by atoms with Crippen LogP contribution in [-0.2, 0) is 18.6 Å². The zero-order chi connectivity index (χ0) is 19.3. The molecule has 0 radical (unpaired) electrons. The summed E-state index contributed by atoms with van der Waals surface area (Å²) in [6, 6.07) is 9.31. The van der Waals surface area contributed by atoms with Crippen molar-refractivity contribution in [2.24, 2.45) is 0 Å². The van der Waals surface area contributed by atoms with Gasteiger partial charge in [-0.15, -0.1) is 0 Å². The summed E-state index contributed by atoms with van der Waals surface area (Å²) >= 11 is 9.67. The number of hydrogen-bond donors (Lipinski definition) is 0. The summed E-state index contributed by atoms with van der Waals surface area (Å²) in [5.41, 5.74) is 2.36. The number of carbonyl (C=O) groups excluding carboxylic acids is 1. The lowest BCUT2D eigenvalue weighted by Gasteiger charge is -2.24. The molecule has 0 bridgehead atoms. The van der Waals surface area contributed by atoms with Gasteiger partial charge in [0, 0.05) is 22.4 Å². The van der Waals surface area contributed by atoms with Gasteiger partial charge in [-0.3, -0.25) is 4.79 Å². The van der Waals surface area contributed by atoms with Crippen LogP contribution < -0.4 is 0 Å². The highest BCUT2D eigenvalue weighted by Crippen LogP contribution is 2.33. The molecule has 1 amide bonds. The number of hydrogen-bond acceptors (Lipinski definition) is 2. The van der Waals surface area contributed by atoms with E-state index in [-0.39, 0.29) is 11.4 Å². The molecule has 0 unspecified atom stereocenters. The third-order valence-corrected chi connectivity index (χ3v) is 5.48. The van der Waals surface area contributed by atoms with E-state index >= 15 is 0 Å². The highest BCUT2D eigenvalue weighted by Gasteiger charge is 2.34. The minimum Gasteiger partial charge on any atom is -0.328 e. The van der Waals surface area contributed by atoms with Gasteiger partial charge in [-0.05, 0) is 51.1 Å². The first kappa shape index (κ1) is 18.3. The van der Waals surface area contributed by atoms with Gasteiger partial charge >= 0.3 is 0 Å². The topological polar surface area (TPSA) is 43.1 Å². The van der Waals surface area contributed by atoms with Crippen molar-refractivity contribution in [1.29, 1.82) is 0 Å². The number of fused-ring (bicyclic) bond motifs is 1. The summed E-state index contributed by atoms with van der Waals surface area (Å²) in [6.45, 7) is 7.39. The van der Waals surface area contributed by atoms with E-state index in [1.807, 2.05) is 35.3 Å². The first-order chi connectivity index (χ1) is 12.8. The fraction of sp³-hybridized carbons (Fsp3) is 0.300. The van der Waals surface area contributed by atoms with Crippen molar-refractivity contribution in [3.63, 3.8) is 0 Å². The second-order valence-corrected chi connectivity index (χ2v) is 9.03. The lowest BCUT2D eigenvalue weighted by molar-refractivity contribution is 0.0748. The van der Waals surface area contributed by atoms with Gasteiger partial charge in [0.25, 0.3) is 5.91 Å². The summed E-state index contributed by atoms with van der Waals surface area (Å²) < 4.78 is 4.95. The number of amides is 1. The van der Waals surface area contributed by atoms with Crippen LogP contribution in [0.15, 0.2) is 47.2 Å². The van der Waals surface area contributed by atoms with Gasteiger partial charge in [0.2, 0.25) is 0 Å². The Labute approximate surface area is 171 Å². The molecule has 4 rings (SSSR count). The zero-order valence-corrected chi connectivity index (χ0v) is 17.8. The Kier molecular flexibility index (Phi) is 4.43. The standard InChI is InChI=1S/C20H20BrClN4O/c1-20(2,3)26-18(24-8-4-5-9-24)15-11-25(12-17(15)23-26)19(27)14-10-13(21)6-7-16(14)22/h4-10H,11-12H2,1-3H3. The predicted octanol–water partition coefficient (Wildman–Crippen LogP) is 5.00. The van der Waals surface area contributed by atoms with Gasteiger partial charge in [0.1, 0.15) is 5.82 Å². The van der Waals surface area contributed by atoms with Crippen molar-refractivity contribution in [2.75, 3.05) is 0 Å². The maximum atomic E-state index is 13.0. The van der Waals surface area contributed by atoms with Crippen LogP contribution in [0.1, 0.15) is 42.4 Å². The normalized spacial score (nSPS) is 13.9. The molecule has 7 heteroatoms. The molecule has 3 heterocycles. The van der Waals surface area contributed by atoms with Gasteiger partial charge in [0.15, 0.2) is 0 Å². The van der Waals surface area contributed by atoms with E-state index in [0.29, 0.717) is 23.7 Å².